The minimum absolute atomic E-state index is 0.130. The van der Waals surface area contributed by atoms with Crippen LogP contribution in [0.5, 0.6) is 0 Å². The molecule has 0 saturated heterocycles. The third-order valence-corrected chi connectivity index (χ3v) is 2.63. The van der Waals surface area contributed by atoms with Crippen LogP contribution in [-0.4, -0.2) is 30.6 Å². The van der Waals surface area contributed by atoms with Crippen LogP contribution in [0.3, 0.4) is 0 Å². The number of hydrogen-bond acceptors (Lipinski definition) is 4. The Labute approximate surface area is 135 Å². The Kier molecular flexibility index (Phi) is 7.32. The second-order valence-electron chi connectivity index (χ2n) is 4.97. The molecule has 0 aliphatic rings. The van der Waals surface area contributed by atoms with Gasteiger partial charge in [0, 0.05) is 12.2 Å². The van der Waals surface area contributed by atoms with Crippen molar-refractivity contribution in [3.05, 3.63) is 42.5 Å². The van der Waals surface area contributed by atoms with Crippen molar-refractivity contribution < 1.29 is 19.1 Å². The predicted molar refractivity (Wildman–Crippen MR) is 86.7 cm³/mol. The van der Waals surface area contributed by atoms with Crippen LogP contribution in [0.15, 0.2) is 36.9 Å². The van der Waals surface area contributed by atoms with Gasteiger partial charge in [0.15, 0.2) is 0 Å². The van der Waals surface area contributed by atoms with Gasteiger partial charge in [0.1, 0.15) is 0 Å². The van der Waals surface area contributed by atoms with E-state index in [9.17, 15) is 14.4 Å². The van der Waals surface area contributed by atoms with Gasteiger partial charge in [-0.2, -0.15) is 0 Å². The Morgan fingerprint density at radius 1 is 1.17 bits per heavy atom. The van der Waals surface area contributed by atoms with Crippen LogP contribution >= 0.6 is 0 Å². The van der Waals surface area contributed by atoms with Gasteiger partial charge in [-0.1, -0.05) is 18.7 Å². The zero-order valence-corrected chi connectivity index (χ0v) is 13.2. The lowest BCUT2D eigenvalue weighted by atomic mass is 10.2. The van der Waals surface area contributed by atoms with Crippen LogP contribution in [0, 0.1) is 0 Å². The maximum atomic E-state index is 11.6. The van der Waals surface area contributed by atoms with E-state index in [0.717, 1.165) is 11.6 Å². The zero-order chi connectivity index (χ0) is 17.2. The molecule has 7 nitrogen and oxygen atoms in total. The summed E-state index contributed by atoms with van der Waals surface area (Å²) in [5, 5.41) is 7.65. The molecule has 3 N–H and O–H groups in total. The third kappa shape index (κ3) is 7.66. The summed E-state index contributed by atoms with van der Waals surface area (Å²) in [6.07, 6.45) is 0.448. The molecule has 0 radical (unpaired) electrons. The highest BCUT2D eigenvalue weighted by Crippen LogP contribution is 2.09. The summed E-state index contributed by atoms with van der Waals surface area (Å²) in [7, 11) is 0. The van der Waals surface area contributed by atoms with Gasteiger partial charge in [-0.25, -0.2) is 4.79 Å². The average molecular weight is 319 g/mol. The van der Waals surface area contributed by atoms with Crippen LogP contribution in [0.2, 0.25) is 0 Å². The fraction of sp³-hybridized carbons (Fsp3) is 0.312. The van der Waals surface area contributed by atoms with E-state index in [0.29, 0.717) is 12.2 Å². The molecule has 0 atom stereocenters. The summed E-state index contributed by atoms with van der Waals surface area (Å²) in [5.74, 6) is -0.749. The number of amides is 3. The quantitative estimate of drug-likeness (QED) is 0.665. The summed E-state index contributed by atoms with van der Waals surface area (Å²) in [6.45, 7) is 7.04. The Morgan fingerprint density at radius 3 is 2.39 bits per heavy atom. The van der Waals surface area contributed by atoms with Gasteiger partial charge >= 0.3 is 6.09 Å². The topological polar surface area (TPSA) is 96.5 Å². The first-order valence-electron chi connectivity index (χ1n) is 7.14. The molecule has 0 spiro atoms. The Balaban J connectivity index is 2.41. The number of rotatable bonds is 7. The molecular formula is C16H21N3O4. The highest BCUT2D eigenvalue weighted by Gasteiger charge is 2.06. The molecule has 124 valence electrons. The number of benzene rings is 1. The van der Waals surface area contributed by atoms with Crippen molar-refractivity contribution in [2.45, 2.75) is 26.5 Å². The van der Waals surface area contributed by atoms with E-state index in [1.807, 2.05) is 0 Å². The predicted octanol–water partition coefficient (Wildman–Crippen LogP) is 1.56. The van der Waals surface area contributed by atoms with Crippen LogP contribution < -0.4 is 16.0 Å². The molecular weight excluding hydrogens is 298 g/mol. The number of carbonyl (C=O) groups is 3. The van der Waals surface area contributed by atoms with Crippen molar-refractivity contribution in [1.82, 2.24) is 10.6 Å². The van der Waals surface area contributed by atoms with E-state index < -0.39 is 12.0 Å². The van der Waals surface area contributed by atoms with E-state index in [1.165, 1.54) is 0 Å². The van der Waals surface area contributed by atoms with Crippen molar-refractivity contribution in [3.63, 3.8) is 0 Å². The maximum absolute atomic E-state index is 11.6. The molecule has 0 bridgehead atoms. The van der Waals surface area contributed by atoms with Crippen LogP contribution in [-0.2, 0) is 20.9 Å². The zero-order valence-electron chi connectivity index (χ0n) is 13.2. The number of anilines is 1. The van der Waals surface area contributed by atoms with E-state index >= 15 is 0 Å². The van der Waals surface area contributed by atoms with Gasteiger partial charge in [0.25, 0.3) is 0 Å². The number of hydrogen-bond donors (Lipinski definition) is 3. The van der Waals surface area contributed by atoms with Crippen molar-refractivity contribution in [3.8, 4) is 0 Å². The summed E-state index contributed by atoms with van der Waals surface area (Å²) in [5.41, 5.74) is 1.46. The normalized spacial score (nSPS) is 9.87. The molecule has 0 aliphatic carbocycles. The SMILES string of the molecule is C=CC(=O)NCC(=O)Nc1ccc(CNC(=O)OC(C)C)cc1. The second kappa shape index (κ2) is 9.24. The van der Waals surface area contributed by atoms with Gasteiger partial charge in [-0.15, -0.1) is 0 Å². The van der Waals surface area contributed by atoms with Crippen molar-refractivity contribution in [1.29, 1.82) is 0 Å². The van der Waals surface area contributed by atoms with Gasteiger partial charge in [-0.05, 0) is 37.6 Å². The number of nitrogens with one attached hydrogen (secondary N) is 3. The molecule has 0 saturated carbocycles. The summed E-state index contributed by atoms with van der Waals surface area (Å²) < 4.78 is 4.96. The first-order chi connectivity index (χ1) is 10.9. The molecule has 23 heavy (non-hydrogen) atoms. The third-order valence-electron chi connectivity index (χ3n) is 2.63. The lowest BCUT2D eigenvalue weighted by Crippen LogP contribution is -2.31. The van der Waals surface area contributed by atoms with Crippen LogP contribution in [0.1, 0.15) is 19.4 Å². The maximum Gasteiger partial charge on any atom is 0.407 e. The lowest BCUT2D eigenvalue weighted by Gasteiger charge is -2.10. The van der Waals surface area contributed by atoms with Crippen LogP contribution in [0.4, 0.5) is 10.5 Å². The lowest BCUT2D eigenvalue weighted by molar-refractivity contribution is -0.121. The average Bonchev–Trinajstić information content (AvgIpc) is 2.51. The van der Waals surface area contributed by atoms with E-state index in [2.05, 4.69) is 22.5 Å². The summed E-state index contributed by atoms with van der Waals surface area (Å²) in [6, 6.07) is 6.96. The first kappa shape index (κ1) is 18.2. The Bertz CT molecular complexity index is 567. The Morgan fingerprint density at radius 2 is 1.83 bits per heavy atom. The number of alkyl carbamates (subject to hydrolysis) is 1. The second-order valence-corrected chi connectivity index (χ2v) is 4.97. The van der Waals surface area contributed by atoms with E-state index in [1.54, 1.807) is 38.1 Å². The van der Waals surface area contributed by atoms with Gasteiger partial charge in [0.2, 0.25) is 11.8 Å². The van der Waals surface area contributed by atoms with Crippen LogP contribution in [0.25, 0.3) is 0 Å². The highest BCUT2D eigenvalue weighted by atomic mass is 16.6. The monoisotopic (exact) mass is 319 g/mol. The summed E-state index contributed by atoms with van der Waals surface area (Å²) >= 11 is 0. The Hall–Kier alpha value is -2.83. The molecule has 1 rings (SSSR count). The van der Waals surface area contributed by atoms with Gasteiger partial charge in [-0.3, -0.25) is 9.59 Å². The van der Waals surface area contributed by atoms with E-state index in [4.69, 9.17) is 4.74 Å². The van der Waals surface area contributed by atoms with Crippen molar-refractivity contribution in [2.75, 3.05) is 11.9 Å². The molecule has 7 heteroatoms. The fourth-order valence-corrected chi connectivity index (χ4v) is 1.58. The standard InChI is InChI=1S/C16H21N3O4/c1-4-14(20)17-10-15(21)19-13-7-5-12(6-8-13)9-18-16(22)23-11(2)3/h4-8,11H,1,9-10H2,2-3H3,(H,17,20)(H,18,22)(H,19,21). The fourth-order valence-electron chi connectivity index (χ4n) is 1.58. The molecule has 1 aromatic carbocycles. The van der Waals surface area contributed by atoms with Gasteiger partial charge in [0.05, 0.1) is 12.6 Å². The highest BCUT2D eigenvalue weighted by molar-refractivity contribution is 5.96. The summed E-state index contributed by atoms with van der Waals surface area (Å²) in [4.78, 5) is 33.9. The van der Waals surface area contributed by atoms with Crippen molar-refractivity contribution in [2.24, 2.45) is 0 Å². The molecule has 0 unspecified atom stereocenters. The molecule has 0 aliphatic heterocycles. The number of ether oxygens (including phenoxy) is 1. The minimum Gasteiger partial charge on any atom is -0.447 e. The minimum atomic E-state index is -0.477. The molecule has 0 fully saturated rings. The number of carbonyl (C=O) groups excluding carboxylic acids is 3. The largest absolute Gasteiger partial charge is 0.447 e. The first-order valence-corrected chi connectivity index (χ1v) is 7.14. The molecule has 1 aromatic rings. The molecule has 3 amide bonds. The molecule has 0 aromatic heterocycles. The van der Waals surface area contributed by atoms with Crippen molar-refractivity contribution >= 4 is 23.6 Å². The van der Waals surface area contributed by atoms with Gasteiger partial charge < -0.3 is 20.7 Å². The smallest absolute Gasteiger partial charge is 0.407 e. The van der Waals surface area contributed by atoms with E-state index in [-0.39, 0.29) is 18.6 Å². The molecule has 0 heterocycles.